The maximum absolute atomic E-state index is 11.6. The van der Waals surface area contributed by atoms with Gasteiger partial charge in [0.15, 0.2) is 6.10 Å². The van der Waals surface area contributed by atoms with Crippen molar-refractivity contribution in [1.29, 1.82) is 0 Å². The van der Waals surface area contributed by atoms with Gasteiger partial charge in [-0.05, 0) is 17.7 Å². The maximum atomic E-state index is 11.6. The van der Waals surface area contributed by atoms with Crippen LogP contribution in [-0.4, -0.2) is 42.5 Å². The van der Waals surface area contributed by atoms with E-state index < -0.39 is 24.1 Å². The molecule has 0 radical (unpaired) electrons. The Labute approximate surface area is 109 Å². The van der Waals surface area contributed by atoms with Gasteiger partial charge in [-0.1, -0.05) is 6.07 Å². The number of benzene rings is 1. The van der Waals surface area contributed by atoms with Gasteiger partial charge in [0, 0.05) is 5.69 Å². The minimum Gasteiger partial charge on any atom is -0.467 e. The molecular weight excluding hydrogens is 254 g/mol. The van der Waals surface area contributed by atoms with E-state index in [2.05, 4.69) is 9.47 Å². The van der Waals surface area contributed by atoms with Gasteiger partial charge in [0.1, 0.15) is 6.10 Å². The average Bonchev–Trinajstić information content (AvgIpc) is 2.43. The predicted molar refractivity (Wildman–Crippen MR) is 65.2 cm³/mol. The largest absolute Gasteiger partial charge is 0.467 e. The fraction of sp³-hybridized carbons (Fsp3) is 0.333. The first-order chi connectivity index (χ1) is 8.92. The number of anilines is 1. The topological polar surface area (TPSA) is 119 Å². The van der Waals surface area contributed by atoms with Crippen LogP contribution in [-0.2, 0) is 14.3 Å². The lowest BCUT2D eigenvalue weighted by atomic mass is 9.98. The zero-order chi connectivity index (χ0) is 14.6. The Bertz CT molecular complexity index is 487. The molecule has 0 fully saturated rings. The zero-order valence-electron chi connectivity index (χ0n) is 10.5. The molecule has 0 spiro atoms. The van der Waals surface area contributed by atoms with Crippen molar-refractivity contribution >= 4 is 17.6 Å². The number of nitrogen functional groups attached to an aromatic ring is 1. The van der Waals surface area contributed by atoms with Gasteiger partial charge < -0.3 is 25.4 Å². The molecule has 0 aromatic heterocycles. The summed E-state index contributed by atoms with van der Waals surface area (Å²) in [5, 5.41) is 19.5. The average molecular weight is 269 g/mol. The first-order valence-electron chi connectivity index (χ1n) is 5.34. The van der Waals surface area contributed by atoms with Crippen LogP contribution in [0.5, 0.6) is 0 Å². The number of ether oxygens (including phenoxy) is 2. The number of nitrogens with two attached hydrogens (primary N) is 1. The summed E-state index contributed by atoms with van der Waals surface area (Å²) in [6.07, 6.45) is -3.43. The van der Waals surface area contributed by atoms with E-state index in [4.69, 9.17) is 5.73 Å². The number of aliphatic hydroxyl groups is 2. The zero-order valence-corrected chi connectivity index (χ0v) is 10.5. The molecule has 19 heavy (non-hydrogen) atoms. The highest BCUT2D eigenvalue weighted by atomic mass is 16.5. The number of esters is 2. The fourth-order valence-corrected chi connectivity index (χ4v) is 1.54. The number of hydrogen-bond acceptors (Lipinski definition) is 7. The van der Waals surface area contributed by atoms with Gasteiger partial charge in [-0.25, -0.2) is 9.59 Å². The Balaban J connectivity index is 3.19. The number of carbonyl (C=O) groups excluding carboxylic acids is 2. The number of methoxy groups -OCH3 is 2. The van der Waals surface area contributed by atoms with E-state index in [1.807, 2.05) is 0 Å². The number of carbonyl (C=O) groups is 2. The first-order valence-corrected chi connectivity index (χ1v) is 5.34. The normalized spacial score (nSPS) is 13.5. The molecule has 1 aromatic rings. The third-order valence-corrected chi connectivity index (χ3v) is 2.54. The second-order valence-corrected chi connectivity index (χ2v) is 3.75. The smallest absolute Gasteiger partial charge is 0.338 e. The van der Waals surface area contributed by atoms with Gasteiger partial charge in [-0.2, -0.15) is 0 Å². The lowest BCUT2D eigenvalue weighted by molar-refractivity contribution is -0.156. The van der Waals surface area contributed by atoms with Crippen LogP contribution in [0, 0.1) is 0 Å². The van der Waals surface area contributed by atoms with Crippen molar-refractivity contribution in [3.8, 4) is 0 Å². The second-order valence-electron chi connectivity index (χ2n) is 3.75. The van der Waals surface area contributed by atoms with Gasteiger partial charge in [0.05, 0.1) is 19.8 Å². The summed E-state index contributed by atoms with van der Waals surface area (Å²) in [6, 6.07) is 4.04. The first kappa shape index (κ1) is 14.9. The predicted octanol–water partition coefficient (Wildman–Crippen LogP) is -0.377. The van der Waals surface area contributed by atoms with Crippen LogP contribution in [0.1, 0.15) is 22.0 Å². The highest BCUT2D eigenvalue weighted by Gasteiger charge is 2.30. The Hall–Kier alpha value is -2.12. The monoisotopic (exact) mass is 269 g/mol. The van der Waals surface area contributed by atoms with E-state index in [1.165, 1.54) is 25.3 Å². The van der Waals surface area contributed by atoms with Gasteiger partial charge >= 0.3 is 11.9 Å². The lowest BCUT2D eigenvalue weighted by Gasteiger charge is -2.18. The molecule has 1 rings (SSSR count). The molecule has 1 aromatic carbocycles. The Morgan fingerprint density at radius 1 is 1.21 bits per heavy atom. The fourth-order valence-electron chi connectivity index (χ4n) is 1.54. The van der Waals surface area contributed by atoms with Crippen LogP contribution in [0.15, 0.2) is 18.2 Å². The quantitative estimate of drug-likeness (QED) is 0.503. The summed E-state index contributed by atoms with van der Waals surface area (Å²) in [7, 11) is 2.24. The van der Waals surface area contributed by atoms with E-state index in [0.717, 1.165) is 7.11 Å². The third-order valence-electron chi connectivity index (χ3n) is 2.54. The molecule has 104 valence electrons. The van der Waals surface area contributed by atoms with Crippen LogP contribution in [0.25, 0.3) is 0 Å². The number of aliphatic hydroxyl groups excluding tert-OH is 2. The van der Waals surface area contributed by atoms with Crippen LogP contribution in [0.4, 0.5) is 5.69 Å². The highest BCUT2D eigenvalue weighted by Crippen LogP contribution is 2.24. The van der Waals surface area contributed by atoms with Crippen LogP contribution < -0.4 is 5.73 Å². The van der Waals surface area contributed by atoms with Crippen molar-refractivity contribution in [2.75, 3.05) is 20.0 Å². The molecule has 0 bridgehead atoms. The molecule has 7 heteroatoms. The Kier molecular flexibility index (Phi) is 4.85. The summed E-state index contributed by atoms with van der Waals surface area (Å²) in [5.74, 6) is -1.75. The van der Waals surface area contributed by atoms with E-state index in [1.54, 1.807) is 0 Å². The van der Waals surface area contributed by atoms with Crippen molar-refractivity contribution in [2.45, 2.75) is 12.2 Å². The maximum Gasteiger partial charge on any atom is 0.338 e. The van der Waals surface area contributed by atoms with Gasteiger partial charge in [0.2, 0.25) is 0 Å². The van der Waals surface area contributed by atoms with E-state index in [9.17, 15) is 19.8 Å². The van der Waals surface area contributed by atoms with Crippen molar-refractivity contribution in [2.24, 2.45) is 0 Å². The highest BCUT2D eigenvalue weighted by molar-refractivity contribution is 5.92. The minimum atomic E-state index is -1.81. The van der Waals surface area contributed by atoms with Crippen molar-refractivity contribution in [1.82, 2.24) is 0 Å². The molecule has 0 aliphatic heterocycles. The van der Waals surface area contributed by atoms with Crippen molar-refractivity contribution < 1.29 is 29.3 Å². The van der Waals surface area contributed by atoms with E-state index in [0.29, 0.717) is 0 Å². The van der Waals surface area contributed by atoms with Gasteiger partial charge in [-0.3, -0.25) is 0 Å². The summed E-state index contributed by atoms with van der Waals surface area (Å²) < 4.78 is 8.86. The third kappa shape index (κ3) is 3.21. The summed E-state index contributed by atoms with van der Waals surface area (Å²) >= 11 is 0. The molecule has 0 heterocycles. The van der Waals surface area contributed by atoms with Crippen molar-refractivity contribution in [3.63, 3.8) is 0 Å². The van der Waals surface area contributed by atoms with Crippen LogP contribution in [0.2, 0.25) is 0 Å². The molecule has 0 saturated carbocycles. The molecule has 0 aliphatic rings. The second kappa shape index (κ2) is 6.17. The van der Waals surface area contributed by atoms with Crippen LogP contribution >= 0.6 is 0 Å². The van der Waals surface area contributed by atoms with Crippen molar-refractivity contribution in [3.05, 3.63) is 29.3 Å². The molecule has 2 unspecified atom stereocenters. The van der Waals surface area contributed by atoms with E-state index in [-0.39, 0.29) is 16.8 Å². The molecule has 7 nitrogen and oxygen atoms in total. The van der Waals surface area contributed by atoms with E-state index >= 15 is 0 Å². The number of rotatable bonds is 4. The minimum absolute atomic E-state index is 0.0268. The van der Waals surface area contributed by atoms with Gasteiger partial charge in [-0.15, -0.1) is 0 Å². The molecule has 2 atom stereocenters. The number of hydrogen-bond donors (Lipinski definition) is 3. The SMILES string of the molecule is COC(=O)c1cc(N)ccc1C(O)C(O)C(=O)OC. The lowest BCUT2D eigenvalue weighted by Crippen LogP contribution is -2.30. The molecule has 0 saturated heterocycles. The van der Waals surface area contributed by atoms with Gasteiger partial charge in [0.25, 0.3) is 0 Å². The standard InChI is InChI=1S/C12H15NO6/c1-18-11(16)8-5-6(13)3-4-7(8)9(14)10(15)12(17)19-2/h3-5,9-10,14-15H,13H2,1-2H3. The summed E-state index contributed by atoms with van der Waals surface area (Å²) in [4.78, 5) is 22.7. The Morgan fingerprint density at radius 2 is 1.84 bits per heavy atom. The van der Waals surface area contributed by atoms with Crippen LogP contribution in [0.3, 0.4) is 0 Å². The molecular formula is C12H15NO6. The molecule has 0 amide bonds. The Morgan fingerprint density at radius 3 is 2.37 bits per heavy atom. The molecule has 4 N–H and O–H groups in total. The molecule has 0 aliphatic carbocycles. The summed E-state index contributed by atoms with van der Waals surface area (Å²) in [5.41, 5.74) is 5.82. The summed E-state index contributed by atoms with van der Waals surface area (Å²) in [6.45, 7) is 0.